The van der Waals surface area contributed by atoms with E-state index in [1.165, 1.54) is 0 Å². The predicted octanol–water partition coefficient (Wildman–Crippen LogP) is 5.76. The average Bonchev–Trinajstić information content (AvgIpc) is 2.61. The van der Waals surface area contributed by atoms with Crippen molar-refractivity contribution >= 4 is 11.6 Å². The number of unbranched alkanes of at least 4 members (excludes halogenated alkanes) is 3. The van der Waals surface area contributed by atoms with Gasteiger partial charge in [-0.25, -0.2) is 4.98 Å². The SMILES string of the molecule is CCCCCCOc1nc(Nc2cccc(CC)c2)ncc1C(F)(F)F. The fraction of sp³-hybridized carbons (Fsp3) is 0.474. The van der Waals surface area contributed by atoms with Crippen LogP contribution in [0.25, 0.3) is 0 Å². The summed E-state index contributed by atoms with van der Waals surface area (Å²) in [5, 5.41) is 2.94. The molecule has 0 spiro atoms. The molecule has 26 heavy (non-hydrogen) atoms. The highest BCUT2D eigenvalue weighted by Gasteiger charge is 2.36. The first-order valence-electron chi connectivity index (χ1n) is 8.87. The maximum atomic E-state index is 13.2. The van der Waals surface area contributed by atoms with Gasteiger partial charge in [-0.1, -0.05) is 45.2 Å². The minimum absolute atomic E-state index is 0.0785. The molecule has 0 atom stereocenters. The van der Waals surface area contributed by atoms with Crippen molar-refractivity contribution in [3.8, 4) is 5.88 Å². The molecule has 7 heteroatoms. The van der Waals surface area contributed by atoms with Crippen molar-refractivity contribution in [2.24, 2.45) is 0 Å². The molecule has 0 aliphatic heterocycles. The summed E-state index contributed by atoms with van der Waals surface area (Å²) in [5.41, 5.74) is 0.869. The molecule has 1 aromatic carbocycles. The number of aromatic nitrogens is 2. The standard InChI is InChI=1S/C19H24F3N3O/c1-3-5-6-7-11-26-17-16(19(20,21)22)13-23-18(25-17)24-15-10-8-9-14(4-2)12-15/h8-10,12-13H,3-7,11H2,1-2H3,(H,23,24,25). The van der Waals surface area contributed by atoms with Gasteiger partial charge in [0, 0.05) is 11.9 Å². The normalized spacial score (nSPS) is 11.4. The lowest BCUT2D eigenvalue weighted by Crippen LogP contribution is -2.13. The maximum absolute atomic E-state index is 13.2. The van der Waals surface area contributed by atoms with E-state index >= 15 is 0 Å². The van der Waals surface area contributed by atoms with Crippen LogP contribution in [0.1, 0.15) is 50.7 Å². The van der Waals surface area contributed by atoms with Crippen molar-refractivity contribution in [2.75, 3.05) is 11.9 Å². The second kappa shape index (κ2) is 9.40. The molecule has 0 aliphatic rings. The second-order valence-corrected chi connectivity index (χ2v) is 6.00. The summed E-state index contributed by atoms with van der Waals surface area (Å²) in [6, 6.07) is 7.57. The van der Waals surface area contributed by atoms with Gasteiger partial charge < -0.3 is 10.1 Å². The Balaban J connectivity index is 2.16. The number of ether oxygens (including phenoxy) is 1. The van der Waals surface area contributed by atoms with E-state index in [4.69, 9.17) is 4.74 Å². The van der Waals surface area contributed by atoms with E-state index in [0.717, 1.165) is 43.1 Å². The third-order valence-corrected chi connectivity index (χ3v) is 3.89. The quantitative estimate of drug-likeness (QED) is 0.572. The summed E-state index contributed by atoms with van der Waals surface area (Å²) in [7, 11) is 0. The molecule has 0 fully saturated rings. The number of halogens is 3. The summed E-state index contributed by atoms with van der Waals surface area (Å²) in [6.07, 6.45) is 0.746. The Labute approximate surface area is 151 Å². The monoisotopic (exact) mass is 367 g/mol. The van der Waals surface area contributed by atoms with Crippen LogP contribution in [0.2, 0.25) is 0 Å². The first-order chi connectivity index (χ1) is 12.4. The third kappa shape index (κ3) is 5.89. The van der Waals surface area contributed by atoms with Crippen LogP contribution in [0, 0.1) is 0 Å². The fourth-order valence-corrected chi connectivity index (χ4v) is 2.43. The Bertz CT molecular complexity index is 705. The summed E-state index contributed by atoms with van der Waals surface area (Å²) < 4.78 is 44.8. The highest BCUT2D eigenvalue weighted by molar-refractivity contribution is 5.55. The van der Waals surface area contributed by atoms with Crippen molar-refractivity contribution in [2.45, 2.75) is 52.1 Å². The summed E-state index contributed by atoms with van der Waals surface area (Å²) >= 11 is 0. The summed E-state index contributed by atoms with van der Waals surface area (Å²) in [4.78, 5) is 7.74. The van der Waals surface area contributed by atoms with Crippen LogP contribution < -0.4 is 10.1 Å². The Hall–Kier alpha value is -2.31. The van der Waals surface area contributed by atoms with Gasteiger partial charge in [0.25, 0.3) is 0 Å². The zero-order valence-corrected chi connectivity index (χ0v) is 15.1. The van der Waals surface area contributed by atoms with E-state index in [0.29, 0.717) is 6.42 Å². The van der Waals surface area contributed by atoms with Gasteiger partial charge in [-0.2, -0.15) is 18.2 Å². The highest BCUT2D eigenvalue weighted by atomic mass is 19.4. The largest absolute Gasteiger partial charge is 0.477 e. The fourth-order valence-electron chi connectivity index (χ4n) is 2.43. The smallest absolute Gasteiger partial charge is 0.423 e. The molecule has 0 amide bonds. The van der Waals surface area contributed by atoms with Gasteiger partial charge in [-0.3, -0.25) is 0 Å². The third-order valence-electron chi connectivity index (χ3n) is 3.89. The molecule has 1 heterocycles. The van der Waals surface area contributed by atoms with Gasteiger partial charge in [0.15, 0.2) is 0 Å². The van der Waals surface area contributed by atoms with Crippen LogP contribution in [0.3, 0.4) is 0 Å². The average molecular weight is 367 g/mol. The van der Waals surface area contributed by atoms with E-state index < -0.39 is 17.6 Å². The molecule has 1 N–H and O–H groups in total. The van der Waals surface area contributed by atoms with E-state index in [1.807, 2.05) is 31.2 Å². The number of anilines is 2. The Morgan fingerprint density at radius 2 is 1.92 bits per heavy atom. The van der Waals surface area contributed by atoms with E-state index in [-0.39, 0.29) is 12.6 Å². The van der Waals surface area contributed by atoms with Crippen LogP contribution >= 0.6 is 0 Å². The lowest BCUT2D eigenvalue weighted by atomic mass is 10.1. The van der Waals surface area contributed by atoms with Crippen molar-refractivity contribution < 1.29 is 17.9 Å². The Kier molecular flexibility index (Phi) is 7.24. The van der Waals surface area contributed by atoms with Crippen LogP contribution in [-0.4, -0.2) is 16.6 Å². The summed E-state index contributed by atoms with van der Waals surface area (Å²) in [6.45, 7) is 4.29. The Morgan fingerprint density at radius 3 is 2.62 bits per heavy atom. The number of benzene rings is 1. The number of hydrogen-bond donors (Lipinski definition) is 1. The van der Waals surface area contributed by atoms with Gasteiger partial charge in [-0.15, -0.1) is 0 Å². The minimum atomic E-state index is -4.56. The molecule has 0 radical (unpaired) electrons. The molecular formula is C19H24F3N3O. The zero-order valence-electron chi connectivity index (χ0n) is 15.1. The van der Waals surface area contributed by atoms with E-state index in [9.17, 15) is 13.2 Å². The molecule has 0 bridgehead atoms. The number of rotatable bonds is 9. The van der Waals surface area contributed by atoms with Crippen LogP contribution in [0.5, 0.6) is 5.88 Å². The molecule has 0 aliphatic carbocycles. The van der Waals surface area contributed by atoms with Crippen LogP contribution in [0.15, 0.2) is 30.5 Å². The minimum Gasteiger partial charge on any atom is -0.477 e. The second-order valence-electron chi connectivity index (χ2n) is 6.00. The van der Waals surface area contributed by atoms with Gasteiger partial charge in [0.2, 0.25) is 11.8 Å². The predicted molar refractivity (Wildman–Crippen MR) is 95.8 cm³/mol. The maximum Gasteiger partial charge on any atom is 0.423 e. The molecule has 2 aromatic rings. The van der Waals surface area contributed by atoms with Crippen LogP contribution in [0.4, 0.5) is 24.8 Å². The molecular weight excluding hydrogens is 343 g/mol. The highest BCUT2D eigenvalue weighted by Crippen LogP contribution is 2.35. The first-order valence-corrected chi connectivity index (χ1v) is 8.87. The van der Waals surface area contributed by atoms with Crippen molar-refractivity contribution in [1.82, 2.24) is 9.97 Å². The molecule has 142 valence electrons. The Morgan fingerprint density at radius 1 is 1.12 bits per heavy atom. The van der Waals surface area contributed by atoms with E-state index in [1.54, 1.807) is 0 Å². The number of nitrogens with zero attached hydrogens (tertiary/aromatic N) is 2. The van der Waals surface area contributed by atoms with Crippen molar-refractivity contribution in [1.29, 1.82) is 0 Å². The lowest BCUT2D eigenvalue weighted by molar-refractivity contribution is -0.139. The van der Waals surface area contributed by atoms with Crippen molar-refractivity contribution in [3.05, 3.63) is 41.6 Å². The lowest BCUT2D eigenvalue weighted by Gasteiger charge is -2.14. The topological polar surface area (TPSA) is 47.0 Å². The molecule has 4 nitrogen and oxygen atoms in total. The number of nitrogens with one attached hydrogen (secondary N) is 1. The van der Waals surface area contributed by atoms with Gasteiger partial charge >= 0.3 is 6.18 Å². The van der Waals surface area contributed by atoms with Crippen molar-refractivity contribution in [3.63, 3.8) is 0 Å². The molecule has 1 aromatic heterocycles. The van der Waals surface area contributed by atoms with Crippen LogP contribution in [-0.2, 0) is 12.6 Å². The molecule has 2 rings (SSSR count). The number of hydrogen-bond acceptors (Lipinski definition) is 4. The van der Waals surface area contributed by atoms with Gasteiger partial charge in [0.05, 0.1) is 6.61 Å². The number of aryl methyl sites for hydroxylation is 1. The van der Waals surface area contributed by atoms with Gasteiger partial charge in [0.1, 0.15) is 5.56 Å². The number of alkyl halides is 3. The van der Waals surface area contributed by atoms with E-state index in [2.05, 4.69) is 22.2 Å². The van der Waals surface area contributed by atoms with Gasteiger partial charge in [-0.05, 0) is 30.5 Å². The zero-order chi connectivity index (χ0) is 19.0. The first kappa shape index (κ1) is 20.0. The molecule has 0 unspecified atom stereocenters. The summed E-state index contributed by atoms with van der Waals surface area (Å²) in [5.74, 6) is -0.354. The molecule has 0 saturated carbocycles. The molecule has 0 saturated heterocycles.